The van der Waals surface area contributed by atoms with Crippen molar-refractivity contribution in [1.29, 1.82) is 5.26 Å². The maximum absolute atomic E-state index is 12.8. The third-order valence-corrected chi connectivity index (χ3v) is 9.55. The van der Waals surface area contributed by atoms with Crippen LogP contribution in [-0.2, 0) is 20.0 Å². The summed E-state index contributed by atoms with van der Waals surface area (Å²) in [6, 6.07) is 15.0. The quantitative estimate of drug-likeness (QED) is 0.728. The molecule has 7 nitrogen and oxygen atoms in total. The smallest absolute Gasteiger partial charge is 0.235 e. The van der Waals surface area contributed by atoms with Gasteiger partial charge in [-0.05, 0) is 80.2 Å². The number of hydrogen-bond donors (Lipinski definition) is 1. The minimum Gasteiger partial charge on any atom is -0.492 e. The molecule has 3 aliphatic heterocycles. The van der Waals surface area contributed by atoms with Crippen LogP contribution in [0.1, 0.15) is 47.6 Å². The number of carbonyl (C=O) groups is 1. The molecule has 0 bridgehead atoms. The van der Waals surface area contributed by atoms with E-state index in [2.05, 4.69) is 16.3 Å². The van der Waals surface area contributed by atoms with Gasteiger partial charge in [-0.1, -0.05) is 12.1 Å². The number of likely N-dealkylation sites (tertiary alicyclic amines) is 1. The van der Waals surface area contributed by atoms with Crippen LogP contribution in [-0.4, -0.2) is 51.2 Å². The minimum atomic E-state index is -3.01. The van der Waals surface area contributed by atoms with Gasteiger partial charge in [0.1, 0.15) is 12.4 Å². The summed E-state index contributed by atoms with van der Waals surface area (Å²) in [6.45, 7) is 2.84. The van der Waals surface area contributed by atoms with Gasteiger partial charge in [0.05, 0.1) is 28.1 Å². The molecule has 33 heavy (non-hydrogen) atoms. The van der Waals surface area contributed by atoms with E-state index in [1.54, 1.807) is 6.07 Å². The van der Waals surface area contributed by atoms with Crippen LogP contribution in [0.4, 0.5) is 5.69 Å². The Labute approximate surface area is 194 Å². The molecular weight excluding hydrogens is 438 g/mol. The lowest BCUT2D eigenvalue weighted by Crippen LogP contribution is -2.47. The van der Waals surface area contributed by atoms with Crippen molar-refractivity contribution >= 4 is 21.4 Å². The first-order valence-corrected chi connectivity index (χ1v) is 13.2. The van der Waals surface area contributed by atoms with Crippen LogP contribution in [0.15, 0.2) is 42.5 Å². The zero-order valence-corrected chi connectivity index (χ0v) is 19.2. The van der Waals surface area contributed by atoms with Crippen LogP contribution in [0.2, 0.25) is 0 Å². The topological polar surface area (TPSA) is 99.5 Å². The summed E-state index contributed by atoms with van der Waals surface area (Å²) in [5.74, 6) is 1.04. The summed E-state index contributed by atoms with van der Waals surface area (Å²) in [7, 11) is -3.01. The summed E-state index contributed by atoms with van der Waals surface area (Å²) in [5, 5.41) is 11.9. The zero-order chi connectivity index (χ0) is 23.1. The van der Waals surface area contributed by atoms with Gasteiger partial charge in [-0.2, -0.15) is 5.26 Å². The van der Waals surface area contributed by atoms with Gasteiger partial charge < -0.3 is 10.1 Å². The Hall–Kier alpha value is -2.89. The molecule has 1 spiro atoms. The number of piperidine rings is 1. The Balaban J connectivity index is 1.15. The van der Waals surface area contributed by atoms with Gasteiger partial charge in [-0.15, -0.1) is 0 Å². The average Bonchev–Trinajstić information content (AvgIpc) is 3.31. The Kier molecular flexibility index (Phi) is 5.63. The van der Waals surface area contributed by atoms with Crippen molar-refractivity contribution in [2.24, 2.45) is 0 Å². The molecule has 1 amide bonds. The largest absolute Gasteiger partial charge is 0.492 e. The first-order valence-electron chi connectivity index (χ1n) is 11.4. The van der Waals surface area contributed by atoms with Crippen LogP contribution in [0.3, 0.4) is 0 Å². The number of rotatable bonds is 5. The lowest BCUT2D eigenvalue weighted by Gasteiger charge is -2.37. The fourth-order valence-corrected chi connectivity index (χ4v) is 7.33. The highest BCUT2D eigenvalue weighted by Gasteiger charge is 2.48. The molecule has 0 radical (unpaired) electrons. The van der Waals surface area contributed by atoms with Crippen molar-refractivity contribution in [3.05, 3.63) is 59.2 Å². The molecule has 1 N–H and O–H groups in total. The number of ether oxygens (including phenoxy) is 1. The third kappa shape index (κ3) is 4.00. The highest BCUT2D eigenvalue weighted by atomic mass is 32.2. The lowest BCUT2D eigenvalue weighted by atomic mass is 9.73. The fourth-order valence-electron chi connectivity index (χ4n) is 5.37. The molecule has 5 rings (SSSR count). The number of amides is 1. The van der Waals surface area contributed by atoms with Crippen molar-refractivity contribution in [3.63, 3.8) is 0 Å². The fraction of sp³-hybridized carbons (Fsp3) is 0.440. The number of nitrogens with zero attached hydrogens (tertiary/aromatic N) is 2. The highest BCUT2D eigenvalue weighted by Crippen LogP contribution is 2.45. The molecule has 3 aliphatic rings. The molecule has 0 saturated carbocycles. The number of nitriles is 1. The standard InChI is InChI=1S/C25H27N3O4S/c26-17-18-3-8-22-21(16-18)25(24(29)27-22)9-11-28(12-10-25)13-14-32-20-6-4-19(5-7-20)23-2-1-15-33(23,30)31/h3-8,16,23H,1-2,9-15H2,(H,27,29). The molecule has 0 aromatic heterocycles. The number of carbonyl (C=O) groups excluding carboxylic acids is 1. The summed E-state index contributed by atoms with van der Waals surface area (Å²) in [4.78, 5) is 15.1. The average molecular weight is 466 g/mol. The number of fused-ring (bicyclic) bond motifs is 2. The number of sulfone groups is 1. The van der Waals surface area contributed by atoms with Crippen molar-refractivity contribution in [1.82, 2.24) is 4.90 Å². The Morgan fingerprint density at radius 3 is 2.58 bits per heavy atom. The van der Waals surface area contributed by atoms with Crippen molar-refractivity contribution in [2.75, 3.05) is 37.3 Å². The van der Waals surface area contributed by atoms with Crippen LogP contribution < -0.4 is 10.1 Å². The predicted octanol–water partition coefficient (Wildman–Crippen LogP) is 3.17. The van der Waals surface area contributed by atoms with E-state index in [1.165, 1.54) is 0 Å². The molecular formula is C25H27N3O4S. The van der Waals surface area contributed by atoms with Gasteiger partial charge in [0.2, 0.25) is 5.91 Å². The van der Waals surface area contributed by atoms with Crippen molar-refractivity contribution in [2.45, 2.75) is 36.3 Å². The monoisotopic (exact) mass is 465 g/mol. The molecule has 3 heterocycles. The molecule has 8 heteroatoms. The van der Waals surface area contributed by atoms with E-state index in [1.807, 2.05) is 36.4 Å². The van der Waals surface area contributed by atoms with E-state index in [9.17, 15) is 18.5 Å². The molecule has 2 fully saturated rings. The zero-order valence-electron chi connectivity index (χ0n) is 18.4. The maximum Gasteiger partial charge on any atom is 0.235 e. The SMILES string of the molecule is N#Cc1ccc2c(c1)C1(CCN(CCOc3ccc(C4CCCS4(=O)=O)cc3)CC1)C(=O)N2. The number of hydrogen-bond acceptors (Lipinski definition) is 6. The van der Waals surface area contributed by atoms with Gasteiger partial charge in [-0.3, -0.25) is 9.69 Å². The van der Waals surface area contributed by atoms with Crippen LogP contribution in [0.5, 0.6) is 5.75 Å². The number of nitrogens with one attached hydrogen (secondary N) is 1. The molecule has 172 valence electrons. The molecule has 1 atom stereocenters. The second kappa shape index (κ2) is 8.47. The van der Waals surface area contributed by atoms with Crippen LogP contribution >= 0.6 is 0 Å². The second-order valence-corrected chi connectivity index (χ2v) is 11.5. The van der Waals surface area contributed by atoms with E-state index < -0.39 is 15.3 Å². The highest BCUT2D eigenvalue weighted by molar-refractivity contribution is 7.91. The van der Waals surface area contributed by atoms with E-state index >= 15 is 0 Å². The molecule has 2 aromatic rings. The normalized spacial score (nSPS) is 23.1. The van der Waals surface area contributed by atoms with Crippen molar-refractivity contribution in [3.8, 4) is 11.8 Å². The molecule has 0 aliphatic carbocycles. The first-order chi connectivity index (χ1) is 15.9. The van der Waals surface area contributed by atoms with Gasteiger partial charge in [-0.25, -0.2) is 8.42 Å². The summed E-state index contributed by atoms with van der Waals surface area (Å²) < 4.78 is 30.2. The second-order valence-electron chi connectivity index (χ2n) is 9.17. The maximum atomic E-state index is 12.8. The van der Waals surface area contributed by atoms with Gasteiger partial charge in [0, 0.05) is 12.2 Å². The van der Waals surface area contributed by atoms with Gasteiger partial charge in [0.25, 0.3) is 0 Å². The molecule has 2 saturated heterocycles. The van der Waals surface area contributed by atoms with Crippen LogP contribution in [0, 0.1) is 11.3 Å². The van der Waals surface area contributed by atoms with Gasteiger partial charge >= 0.3 is 0 Å². The number of benzene rings is 2. The number of anilines is 1. The summed E-state index contributed by atoms with van der Waals surface area (Å²) >= 11 is 0. The van der Waals surface area contributed by atoms with Gasteiger partial charge in [0.15, 0.2) is 9.84 Å². The predicted molar refractivity (Wildman–Crippen MR) is 125 cm³/mol. The summed E-state index contributed by atoms with van der Waals surface area (Å²) in [5.41, 5.74) is 2.65. The first kappa shape index (κ1) is 21.9. The Morgan fingerprint density at radius 1 is 1.15 bits per heavy atom. The minimum absolute atomic E-state index is 0.0351. The summed E-state index contributed by atoms with van der Waals surface area (Å²) in [6.07, 6.45) is 2.85. The third-order valence-electron chi connectivity index (χ3n) is 7.31. The molecule has 1 unspecified atom stereocenters. The molecule has 2 aromatic carbocycles. The van der Waals surface area contributed by atoms with E-state index in [0.717, 1.165) is 48.6 Å². The Bertz CT molecular complexity index is 1210. The van der Waals surface area contributed by atoms with E-state index in [-0.39, 0.29) is 16.9 Å². The van der Waals surface area contributed by atoms with E-state index in [0.29, 0.717) is 31.4 Å². The van der Waals surface area contributed by atoms with Crippen LogP contribution in [0.25, 0.3) is 0 Å². The van der Waals surface area contributed by atoms with E-state index in [4.69, 9.17) is 4.74 Å². The Morgan fingerprint density at radius 2 is 1.91 bits per heavy atom. The lowest BCUT2D eigenvalue weighted by molar-refractivity contribution is -0.122. The van der Waals surface area contributed by atoms with Crippen molar-refractivity contribution < 1.29 is 17.9 Å².